The van der Waals surface area contributed by atoms with Crippen molar-refractivity contribution in [1.82, 2.24) is 20.2 Å². The minimum absolute atomic E-state index is 0.118. The van der Waals surface area contributed by atoms with Gasteiger partial charge >= 0.3 is 0 Å². The number of ether oxygens (including phenoxy) is 3. The van der Waals surface area contributed by atoms with E-state index < -0.39 is 11.9 Å². The van der Waals surface area contributed by atoms with Gasteiger partial charge in [-0.15, -0.1) is 0 Å². The van der Waals surface area contributed by atoms with Crippen molar-refractivity contribution in [3.05, 3.63) is 114 Å². The number of carbonyl (C=O) groups excluding carboxylic acids is 2. The summed E-state index contributed by atoms with van der Waals surface area (Å²) in [5.41, 5.74) is 2.39. The van der Waals surface area contributed by atoms with Crippen molar-refractivity contribution < 1.29 is 23.8 Å². The van der Waals surface area contributed by atoms with Gasteiger partial charge in [-0.05, 0) is 41.0 Å². The fourth-order valence-corrected chi connectivity index (χ4v) is 4.14. The number of nitrogens with one attached hydrogen (secondary N) is 1. The minimum Gasteiger partial charge on any atom is -0.497 e. The van der Waals surface area contributed by atoms with Crippen LogP contribution in [0.1, 0.15) is 33.2 Å². The zero-order chi connectivity index (χ0) is 27.6. The van der Waals surface area contributed by atoms with Crippen molar-refractivity contribution in [3.8, 4) is 17.2 Å². The Morgan fingerprint density at radius 3 is 2.23 bits per heavy atom. The molecule has 0 fully saturated rings. The van der Waals surface area contributed by atoms with Crippen LogP contribution in [0, 0.1) is 0 Å². The third kappa shape index (κ3) is 6.70. The summed E-state index contributed by atoms with van der Waals surface area (Å²) in [4.78, 5) is 37.6. The van der Waals surface area contributed by atoms with Crippen molar-refractivity contribution in [2.75, 3.05) is 21.3 Å². The molecule has 0 aliphatic carbocycles. The lowest BCUT2D eigenvalue weighted by Gasteiger charge is -2.31. The van der Waals surface area contributed by atoms with E-state index in [1.54, 1.807) is 37.4 Å². The number of nitrogens with zero attached hydrogens (tertiary/aromatic N) is 3. The smallest absolute Gasteiger partial charge is 0.275 e. The second-order valence-electron chi connectivity index (χ2n) is 8.59. The van der Waals surface area contributed by atoms with Crippen molar-refractivity contribution in [2.24, 2.45) is 0 Å². The number of hydrogen-bond donors (Lipinski definition) is 1. The first kappa shape index (κ1) is 27.1. The van der Waals surface area contributed by atoms with Crippen LogP contribution in [-0.4, -0.2) is 48.0 Å². The van der Waals surface area contributed by atoms with Crippen LogP contribution in [0.25, 0.3) is 0 Å². The van der Waals surface area contributed by atoms with E-state index >= 15 is 0 Å². The summed E-state index contributed by atoms with van der Waals surface area (Å²) in [6.45, 7) is 0.413. The lowest BCUT2D eigenvalue weighted by molar-refractivity contribution is -0.126. The van der Waals surface area contributed by atoms with E-state index in [1.165, 1.54) is 37.7 Å². The van der Waals surface area contributed by atoms with Crippen LogP contribution in [-0.2, 0) is 17.9 Å². The normalized spacial score (nSPS) is 11.3. The predicted octanol–water partition coefficient (Wildman–Crippen LogP) is 4.20. The van der Waals surface area contributed by atoms with Gasteiger partial charge in [-0.2, -0.15) is 0 Å². The summed E-state index contributed by atoms with van der Waals surface area (Å²) in [6, 6.07) is 21.0. The van der Waals surface area contributed by atoms with Gasteiger partial charge in [0.05, 0.1) is 27.5 Å². The van der Waals surface area contributed by atoms with Gasteiger partial charge in [-0.25, -0.2) is 4.98 Å². The van der Waals surface area contributed by atoms with Crippen LogP contribution in [0.15, 0.2) is 91.4 Å². The zero-order valence-corrected chi connectivity index (χ0v) is 22.0. The summed E-state index contributed by atoms with van der Waals surface area (Å²) in [7, 11) is 4.64. The predicted molar refractivity (Wildman–Crippen MR) is 145 cm³/mol. The van der Waals surface area contributed by atoms with E-state index in [4.69, 9.17) is 14.2 Å². The van der Waals surface area contributed by atoms with Crippen LogP contribution in [0.3, 0.4) is 0 Å². The van der Waals surface area contributed by atoms with Crippen LogP contribution in [0.2, 0.25) is 0 Å². The number of rotatable bonds is 11. The second-order valence-corrected chi connectivity index (χ2v) is 8.59. The number of amides is 2. The average Bonchev–Trinajstić information content (AvgIpc) is 3.00. The maximum absolute atomic E-state index is 13.9. The highest BCUT2D eigenvalue weighted by Gasteiger charge is 2.33. The van der Waals surface area contributed by atoms with Crippen molar-refractivity contribution in [2.45, 2.75) is 19.1 Å². The molecule has 0 spiro atoms. The van der Waals surface area contributed by atoms with Gasteiger partial charge in [0.1, 0.15) is 17.5 Å². The van der Waals surface area contributed by atoms with E-state index in [2.05, 4.69) is 15.3 Å². The molecule has 9 heteroatoms. The Balaban J connectivity index is 1.78. The van der Waals surface area contributed by atoms with Crippen molar-refractivity contribution >= 4 is 11.8 Å². The van der Waals surface area contributed by atoms with Gasteiger partial charge in [0.2, 0.25) is 5.91 Å². The van der Waals surface area contributed by atoms with E-state index in [1.807, 2.05) is 42.5 Å². The minimum atomic E-state index is -1.02. The molecule has 4 rings (SSSR count). The summed E-state index contributed by atoms with van der Waals surface area (Å²) in [6.07, 6.45) is 4.32. The Bertz CT molecular complexity index is 1380. The highest BCUT2D eigenvalue weighted by Crippen LogP contribution is 2.33. The topological polar surface area (TPSA) is 103 Å². The molecule has 200 valence electrons. The first-order chi connectivity index (χ1) is 19.0. The van der Waals surface area contributed by atoms with Gasteiger partial charge in [0.25, 0.3) is 5.91 Å². The number of hydrogen-bond acceptors (Lipinski definition) is 7. The molecule has 1 atom stereocenters. The first-order valence-corrected chi connectivity index (χ1v) is 12.3. The van der Waals surface area contributed by atoms with Crippen LogP contribution >= 0.6 is 0 Å². The van der Waals surface area contributed by atoms with Crippen molar-refractivity contribution in [3.63, 3.8) is 0 Å². The number of methoxy groups -OCH3 is 3. The van der Waals surface area contributed by atoms with Gasteiger partial charge in [-0.3, -0.25) is 14.6 Å². The Morgan fingerprint density at radius 2 is 1.59 bits per heavy atom. The summed E-state index contributed by atoms with van der Waals surface area (Å²) in [5.74, 6) is 0.812. The third-order valence-electron chi connectivity index (χ3n) is 6.15. The first-order valence-electron chi connectivity index (χ1n) is 12.3. The number of benzene rings is 3. The molecule has 1 heterocycles. The quantitative estimate of drug-likeness (QED) is 0.312. The fourth-order valence-electron chi connectivity index (χ4n) is 4.14. The molecule has 0 unspecified atom stereocenters. The maximum Gasteiger partial charge on any atom is 0.275 e. The average molecular weight is 527 g/mol. The van der Waals surface area contributed by atoms with E-state index in [9.17, 15) is 9.59 Å². The fraction of sp³-hybridized carbons (Fsp3) is 0.200. The molecular formula is C30H30N4O5. The lowest BCUT2D eigenvalue weighted by Crippen LogP contribution is -2.43. The molecule has 9 nitrogen and oxygen atoms in total. The van der Waals surface area contributed by atoms with Crippen LogP contribution < -0.4 is 19.5 Å². The molecular weight excluding hydrogens is 496 g/mol. The highest BCUT2D eigenvalue weighted by molar-refractivity contribution is 5.96. The Kier molecular flexibility index (Phi) is 9.07. The van der Waals surface area contributed by atoms with Gasteiger partial charge in [-0.1, -0.05) is 48.5 Å². The largest absolute Gasteiger partial charge is 0.497 e. The monoisotopic (exact) mass is 526 g/mol. The summed E-state index contributed by atoms with van der Waals surface area (Å²) < 4.78 is 16.2. The van der Waals surface area contributed by atoms with Gasteiger partial charge < -0.3 is 24.4 Å². The molecule has 2 amide bonds. The molecule has 1 N–H and O–H groups in total. The molecule has 0 bridgehead atoms. The molecule has 4 aromatic rings. The van der Waals surface area contributed by atoms with Crippen LogP contribution in [0.4, 0.5) is 0 Å². The van der Waals surface area contributed by atoms with Crippen molar-refractivity contribution in [1.29, 1.82) is 0 Å². The maximum atomic E-state index is 13.9. The highest BCUT2D eigenvalue weighted by atomic mass is 16.5. The van der Waals surface area contributed by atoms with E-state index in [0.29, 0.717) is 29.4 Å². The zero-order valence-electron chi connectivity index (χ0n) is 22.0. The Hall–Kier alpha value is -4.92. The third-order valence-corrected chi connectivity index (χ3v) is 6.15. The lowest BCUT2D eigenvalue weighted by atomic mass is 10.0. The Labute approximate surface area is 227 Å². The number of aromatic nitrogens is 2. The van der Waals surface area contributed by atoms with Gasteiger partial charge in [0, 0.05) is 25.5 Å². The molecule has 0 saturated carbocycles. The molecule has 0 aliphatic rings. The summed E-state index contributed by atoms with van der Waals surface area (Å²) in [5, 5.41) is 2.99. The number of carbonyl (C=O) groups is 2. The van der Waals surface area contributed by atoms with E-state index in [-0.39, 0.29) is 18.1 Å². The molecule has 39 heavy (non-hydrogen) atoms. The van der Waals surface area contributed by atoms with Crippen LogP contribution in [0.5, 0.6) is 17.2 Å². The second kappa shape index (κ2) is 13.0. The van der Waals surface area contributed by atoms with E-state index in [0.717, 1.165) is 11.1 Å². The Morgan fingerprint density at radius 1 is 0.846 bits per heavy atom. The molecule has 0 aliphatic heterocycles. The molecule has 1 aromatic heterocycles. The standard InChI is InChI=1S/C30H30N4O5/c1-37-24-12-9-22(10-13-24)20-34(30(36)25-19-31-15-16-32-25)28(23-11-14-26(38-2)27(17-23)39-3)29(35)33-18-21-7-5-4-6-8-21/h4-17,19,28H,18,20H2,1-3H3,(H,33,35)/t28-/m1/s1. The summed E-state index contributed by atoms with van der Waals surface area (Å²) >= 11 is 0. The molecule has 0 radical (unpaired) electrons. The molecule has 0 saturated heterocycles. The van der Waals surface area contributed by atoms with Gasteiger partial charge in [0.15, 0.2) is 11.5 Å². The molecule has 3 aromatic carbocycles. The SMILES string of the molecule is COc1ccc(CN(C(=O)c2cnccn2)[C@@H](C(=O)NCc2ccccc2)c2ccc(OC)c(OC)c2)cc1.